The highest BCUT2D eigenvalue weighted by atomic mass is 79.9. The Morgan fingerprint density at radius 2 is 1.70 bits per heavy atom. The molecule has 0 amide bonds. The van der Waals surface area contributed by atoms with Crippen LogP contribution < -0.4 is 0 Å². The minimum Gasteiger partial charge on any atom is -0.456 e. The van der Waals surface area contributed by atoms with Gasteiger partial charge in [0.1, 0.15) is 11.2 Å². The summed E-state index contributed by atoms with van der Waals surface area (Å²) in [6, 6.07) is 18.2. The molecule has 2 heterocycles. The van der Waals surface area contributed by atoms with E-state index in [-0.39, 0.29) is 0 Å². The van der Waals surface area contributed by atoms with Crippen LogP contribution in [0.2, 0.25) is 0 Å². The molecule has 0 bridgehead atoms. The molecule has 0 aliphatic carbocycles. The lowest BCUT2D eigenvalue weighted by molar-refractivity contribution is 0.669. The van der Waals surface area contributed by atoms with E-state index in [1.165, 1.54) is 0 Å². The third kappa shape index (κ3) is 1.74. The van der Waals surface area contributed by atoms with Gasteiger partial charge in [-0.15, -0.1) is 0 Å². The Hall–Kier alpha value is -2.13. The van der Waals surface area contributed by atoms with Gasteiger partial charge in [0.05, 0.1) is 5.69 Å². The number of halogens is 1. The highest BCUT2D eigenvalue weighted by Gasteiger charge is 2.09. The molecule has 0 saturated heterocycles. The molecular weight excluding hydrogens is 314 g/mol. The second-order valence-corrected chi connectivity index (χ2v) is 5.50. The Labute approximate surface area is 124 Å². The Bertz CT molecular complexity index is 926. The van der Waals surface area contributed by atoms with Crippen LogP contribution in [0.3, 0.4) is 0 Å². The van der Waals surface area contributed by atoms with Crippen molar-refractivity contribution in [3.05, 3.63) is 65.3 Å². The van der Waals surface area contributed by atoms with Crippen molar-refractivity contribution in [1.82, 2.24) is 4.98 Å². The molecule has 0 aliphatic rings. The minimum atomic E-state index is 0.890. The molecule has 0 spiro atoms. The summed E-state index contributed by atoms with van der Waals surface area (Å²) in [5.41, 5.74) is 3.78. The summed E-state index contributed by atoms with van der Waals surface area (Å²) in [4.78, 5) is 4.42. The monoisotopic (exact) mass is 323 g/mol. The van der Waals surface area contributed by atoms with Crippen molar-refractivity contribution >= 4 is 37.9 Å². The van der Waals surface area contributed by atoms with Crippen molar-refractivity contribution in [2.75, 3.05) is 0 Å². The van der Waals surface area contributed by atoms with Crippen LogP contribution in [0.15, 0.2) is 69.7 Å². The molecule has 2 aromatic carbocycles. The maximum absolute atomic E-state index is 5.91. The highest BCUT2D eigenvalue weighted by Crippen LogP contribution is 2.33. The standard InChI is InChI=1S/C17H10BrNO/c18-14-5-3-9-19-17(14)11-7-8-13-12-4-1-2-6-15(12)20-16(13)10-11/h1-10H. The molecular formula is C17H10BrNO. The summed E-state index contributed by atoms with van der Waals surface area (Å²) < 4.78 is 6.89. The first-order valence-corrected chi connectivity index (χ1v) is 7.14. The topological polar surface area (TPSA) is 26.0 Å². The van der Waals surface area contributed by atoms with Gasteiger partial charge in [-0.05, 0) is 46.3 Å². The molecule has 2 nitrogen and oxygen atoms in total. The number of para-hydroxylation sites is 1. The third-order valence-electron chi connectivity index (χ3n) is 3.41. The molecule has 0 radical (unpaired) electrons. The average Bonchev–Trinajstić information content (AvgIpc) is 2.85. The number of hydrogen-bond acceptors (Lipinski definition) is 2. The van der Waals surface area contributed by atoms with Gasteiger partial charge in [-0.1, -0.05) is 24.3 Å². The summed E-state index contributed by atoms with van der Waals surface area (Å²) in [6.45, 7) is 0. The quantitative estimate of drug-likeness (QED) is 0.468. The molecule has 2 aromatic heterocycles. The maximum Gasteiger partial charge on any atom is 0.136 e. The van der Waals surface area contributed by atoms with Crippen molar-refractivity contribution < 1.29 is 4.42 Å². The fourth-order valence-electron chi connectivity index (χ4n) is 2.47. The Morgan fingerprint density at radius 1 is 0.850 bits per heavy atom. The Balaban J connectivity index is 2.00. The van der Waals surface area contributed by atoms with Crippen molar-refractivity contribution in [1.29, 1.82) is 0 Å². The van der Waals surface area contributed by atoms with E-state index in [0.29, 0.717) is 0 Å². The van der Waals surface area contributed by atoms with Crippen molar-refractivity contribution in [2.24, 2.45) is 0 Å². The smallest absolute Gasteiger partial charge is 0.136 e. The van der Waals surface area contributed by atoms with Gasteiger partial charge in [0, 0.05) is 27.0 Å². The van der Waals surface area contributed by atoms with Gasteiger partial charge >= 0.3 is 0 Å². The minimum absolute atomic E-state index is 0.890. The largest absolute Gasteiger partial charge is 0.456 e. The molecule has 0 N–H and O–H groups in total. The number of rotatable bonds is 1. The highest BCUT2D eigenvalue weighted by molar-refractivity contribution is 9.10. The van der Waals surface area contributed by atoms with Gasteiger partial charge in [-0.3, -0.25) is 4.98 Å². The van der Waals surface area contributed by atoms with Crippen molar-refractivity contribution in [3.8, 4) is 11.3 Å². The lowest BCUT2D eigenvalue weighted by Crippen LogP contribution is -1.83. The van der Waals surface area contributed by atoms with E-state index < -0.39 is 0 Å². The van der Waals surface area contributed by atoms with E-state index >= 15 is 0 Å². The zero-order chi connectivity index (χ0) is 13.5. The predicted octanol–water partition coefficient (Wildman–Crippen LogP) is 5.41. The summed E-state index contributed by atoms with van der Waals surface area (Å²) >= 11 is 3.54. The molecule has 20 heavy (non-hydrogen) atoms. The van der Waals surface area contributed by atoms with Crippen LogP contribution in [0.25, 0.3) is 33.2 Å². The number of aromatic nitrogens is 1. The van der Waals surface area contributed by atoms with Crippen LogP contribution in [-0.2, 0) is 0 Å². The molecule has 0 fully saturated rings. The number of furan rings is 1. The molecule has 96 valence electrons. The number of pyridine rings is 1. The second kappa shape index (κ2) is 4.46. The van der Waals surface area contributed by atoms with Crippen LogP contribution in [0.4, 0.5) is 0 Å². The predicted molar refractivity (Wildman–Crippen MR) is 84.7 cm³/mol. The molecule has 0 atom stereocenters. The average molecular weight is 324 g/mol. The fraction of sp³-hybridized carbons (Fsp3) is 0. The zero-order valence-corrected chi connectivity index (χ0v) is 12.1. The van der Waals surface area contributed by atoms with E-state index in [4.69, 9.17) is 4.42 Å². The van der Waals surface area contributed by atoms with Gasteiger partial charge in [0.2, 0.25) is 0 Å². The number of fused-ring (bicyclic) bond motifs is 3. The van der Waals surface area contributed by atoms with Gasteiger partial charge < -0.3 is 4.42 Å². The summed E-state index contributed by atoms with van der Waals surface area (Å²) in [5, 5.41) is 2.28. The first-order valence-electron chi connectivity index (χ1n) is 6.35. The number of nitrogens with zero attached hydrogens (tertiary/aromatic N) is 1. The van der Waals surface area contributed by atoms with Crippen LogP contribution in [0.5, 0.6) is 0 Å². The van der Waals surface area contributed by atoms with E-state index in [0.717, 1.165) is 37.7 Å². The Morgan fingerprint density at radius 3 is 2.60 bits per heavy atom. The molecule has 0 aliphatic heterocycles. The van der Waals surface area contributed by atoms with Crippen LogP contribution in [0.1, 0.15) is 0 Å². The molecule has 0 unspecified atom stereocenters. The fourth-order valence-corrected chi connectivity index (χ4v) is 2.96. The van der Waals surface area contributed by atoms with Gasteiger partial charge in [0.25, 0.3) is 0 Å². The summed E-state index contributed by atoms with van der Waals surface area (Å²) in [5.74, 6) is 0. The van der Waals surface area contributed by atoms with Crippen molar-refractivity contribution in [3.63, 3.8) is 0 Å². The van der Waals surface area contributed by atoms with Gasteiger partial charge in [-0.25, -0.2) is 0 Å². The first-order chi connectivity index (χ1) is 9.83. The van der Waals surface area contributed by atoms with E-state index in [2.05, 4.69) is 39.1 Å². The third-order valence-corrected chi connectivity index (χ3v) is 4.05. The maximum atomic E-state index is 5.91. The summed E-state index contributed by atoms with van der Waals surface area (Å²) in [6.07, 6.45) is 1.79. The number of hydrogen-bond donors (Lipinski definition) is 0. The molecule has 4 rings (SSSR count). The van der Waals surface area contributed by atoms with E-state index in [1.54, 1.807) is 6.20 Å². The molecule has 3 heteroatoms. The van der Waals surface area contributed by atoms with E-state index in [1.807, 2.05) is 36.4 Å². The SMILES string of the molecule is Brc1cccnc1-c1ccc2c(c1)oc1ccccc12. The van der Waals surface area contributed by atoms with Gasteiger partial charge in [-0.2, -0.15) is 0 Å². The lowest BCUT2D eigenvalue weighted by atomic mass is 10.1. The van der Waals surface area contributed by atoms with Crippen molar-refractivity contribution in [2.45, 2.75) is 0 Å². The summed E-state index contributed by atoms with van der Waals surface area (Å²) in [7, 11) is 0. The second-order valence-electron chi connectivity index (χ2n) is 4.64. The number of benzene rings is 2. The molecule has 0 saturated carbocycles. The van der Waals surface area contributed by atoms with Crippen LogP contribution in [0, 0.1) is 0 Å². The normalized spacial score (nSPS) is 11.2. The van der Waals surface area contributed by atoms with E-state index in [9.17, 15) is 0 Å². The zero-order valence-electron chi connectivity index (χ0n) is 10.5. The first kappa shape index (κ1) is 11.7. The Kier molecular flexibility index (Phi) is 2.60. The molecule has 4 aromatic rings. The van der Waals surface area contributed by atoms with Crippen LogP contribution >= 0.6 is 15.9 Å². The van der Waals surface area contributed by atoms with Crippen LogP contribution in [-0.4, -0.2) is 4.98 Å². The van der Waals surface area contributed by atoms with Gasteiger partial charge in [0.15, 0.2) is 0 Å². The lowest BCUT2D eigenvalue weighted by Gasteiger charge is -2.02.